The van der Waals surface area contributed by atoms with E-state index in [1.54, 1.807) is 0 Å². The number of hydrogen-bond acceptors (Lipinski definition) is 0. The first-order valence-electron chi connectivity index (χ1n) is 1.73. The Balaban J connectivity index is 2.66. The fourth-order valence-electron chi connectivity index (χ4n) is 0.126. The first-order chi connectivity index (χ1) is 2.91. The smallest absolute Gasteiger partial charge is 0.0258 e. The lowest BCUT2D eigenvalue weighted by Crippen LogP contribution is -1.61. The van der Waals surface area contributed by atoms with Gasteiger partial charge in [-0.05, 0) is 11.4 Å². The van der Waals surface area contributed by atoms with Gasteiger partial charge >= 0.3 is 0 Å². The Kier molecular flexibility index (Phi) is 5.98. The van der Waals surface area contributed by atoms with Gasteiger partial charge in [-0.1, -0.05) is 22.0 Å². The molecule has 0 bridgehead atoms. The van der Waals surface area contributed by atoms with Crippen molar-refractivity contribution in [3.8, 4) is 0 Å². The second kappa shape index (κ2) is 5.51. The molecule has 0 aromatic rings. The fourth-order valence-corrected chi connectivity index (χ4v) is 0.516. The standard InChI is InChI=1S/C4H6BrCl/c5-3-1-2-4-6/h1,3H,2,4H2/b3-1+. The fraction of sp³-hybridized carbons (Fsp3) is 0.500. The Bertz CT molecular complexity index is 42.8. The molecule has 0 aliphatic heterocycles. The van der Waals surface area contributed by atoms with Crippen molar-refractivity contribution < 1.29 is 0 Å². The van der Waals surface area contributed by atoms with Crippen LogP contribution in [0.5, 0.6) is 0 Å². The van der Waals surface area contributed by atoms with Crippen LogP contribution in [0.1, 0.15) is 6.42 Å². The van der Waals surface area contributed by atoms with E-state index in [1.807, 2.05) is 11.1 Å². The van der Waals surface area contributed by atoms with Crippen molar-refractivity contribution in [1.82, 2.24) is 0 Å². The summed E-state index contributed by atoms with van der Waals surface area (Å²) in [6.45, 7) is 0. The van der Waals surface area contributed by atoms with Crippen LogP contribution in [0.25, 0.3) is 0 Å². The van der Waals surface area contributed by atoms with Crippen LogP contribution in [0.2, 0.25) is 0 Å². The number of hydrogen-bond donors (Lipinski definition) is 0. The lowest BCUT2D eigenvalue weighted by molar-refractivity contribution is 1.24. The molecule has 36 valence electrons. The van der Waals surface area contributed by atoms with E-state index >= 15 is 0 Å². The zero-order valence-corrected chi connectivity index (χ0v) is 5.67. The van der Waals surface area contributed by atoms with Gasteiger partial charge in [-0.2, -0.15) is 0 Å². The van der Waals surface area contributed by atoms with Crippen molar-refractivity contribution in [1.29, 1.82) is 0 Å². The Morgan fingerprint density at radius 2 is 2.33 bits per heavy atom. The van der Waals surface area contributed by atoms with Gasteiger partial charge < -0.3 is 0 Å². The molecule has 0 spiro atoms. The summed E-state index contributed by atoms with van der Waals surface area (Å²) < 4.78 is 0. The van der Waals surface area contributed by atoms with E-state index in [0.717, 1.165) is 6.42 Å². The molecule has 0 rings (SSSR count). The van der Waals surface area contributed by atoms with Crippen LogP contribution >= 0.6 is 27.5 Å². The number of halogens is 2. The van der Waals surface area contributed by atoms with E-state index in [4.69, 9.17) is 11.6 Å². The highest BCUT2D eigenvalue weighted by molar-refractivity contribution is 9.11. The van der Waals surface area contributed by atoms with E-state index in [2.05, 4.69) is 15.9 Å². The SMILES string of the molecule is ClCC/C=C/Br. The third-order valence-corrected chi connectivity index (χ3v) is 0.957. The molecule has 0 aromatic heterocycles. The monoisotopic (exact) mass is 168 g/mol. The highest BCUT2D eigenvalue weighted by Gasteiger charge is 1.67. The minimum absolute atomic E-state index is 0.710. The van der Waals surface area contributed by atoms with Crippen molar-refractivity contribution in [2.75, 3.05) is 5.88 Å². The summed E-state index contributed by atoms with van der Waals surface area (Å²) in [4.78, 5) is 1.81. The molecule has 0 nitrogen and oxygen atoms in total. The summed E-state index contributed by atoms with van der Waals surface area (Å²) in [5, 5.41) is 0. The predicted molar refractivity (Wildman–Crippen MR) is 33.4 cm³/mol. The van der Waals surface area contributed by atoms with E-state index in [9.17, 15) is 0 Å². The summed E-state index contributed by atoms with van der Waals surface area (Å²) in [6, 6.07) is 0. The third-order valence-electron chi connectivity index (χ3n) is 0.365. The molecule has 0 aromatic carbocycles. The number of alkyl halides is 1. The van der Waals surface area contributed by atoms with Gasteiger partial charge in [0, 0.05) is 5.88 Å². The normalized spacial score (nSPS) is 10.3. The highest BCUT2D eigenvalue weighted by atomic mass is 79.9. The molecule has 0 radical (unpaired) electrons. The van der Waals surface area contributed by atoms with Gasteiger partial charge in [-0.25, -0.2) is 0 Å². The molecule has 0 saturated carbocycles. The van der Waals surface area contributed by atoms with Gasteiger partial charge in [0.25, 0.3) is 0 Å². The van der Waals surface area contributed by atoms with Crippen LogP contribution < -0.4 is 0 Å². The minimum Gasteiger partial charge on any atom is -0.126 e. The average Bonchev–Trinajstić information content (AvgIpc) is 1.61. The van der Waals surface area contributed by atoms with Crippen molar-refractivity contribution in [3.63, 3.8) is 0 Å². The molecule has 6 heavy (non-hydrogen) atoms. The highest BCUT2D eigenvalue weighted by Crippen LogP contribution is 1.88. The van der Waals surface area contributed by atoms with Crippen LogP contribution in [0.3, 0.4) is 0 Å². The Labute approximate surface area is 51.3 Å². The van der Waals surface area contributed by atoms with E-state index < -0.39 is 0 Å². The summed E-state index contributed by atoms with van der Waals surface area (Å²) >= 11 is 8.42. The molecular weight excluding hydrogens is 163 g/mol. The van der Waals surface area contributed by atoms with E-state index in [1.165, 1.54) is 0 Å². The van der Waals surface area contributed by atoms with Gasteiger partial charge in [0.2, 0.25) is 0 Å². The summed E-state index contributed by atoms with van der Waals surface area (Å²) in [5.41, 5.74) is 0. The largest absolute Gasteiger partial charge is 0.126 e. The second-order valence-corrected chi connectivity index (χ2v) is 1.75. The maximum absolute atomic E-state index is 5.31. The van der Waals surface area contributed by atoms with Gasteiger partial charge in [-0.3, -0.25) is 0 Å². The maximum Gasteiger partial charge on any atom is 0.0258 e. The summed E-state index contributed by atoms with van der Waals surface area (Å²) in [7, 11) is 0. The lowest BCUT2D eigenvalue weighted by Gasteiger charge is -1.73. The predicted octanol–water partition coefficient (Wildman–Crippen LogP) is 2.52. The van der Waals surface area contributed by atoms with E-state index in [-0.39, 0.29) is 0 Å². The zero-order chi connectivity index (χ0) is 4.83. The van der Waals surface area contributed by atoms with Crippen LogP contribution in [-0.4, -0.2) is 5.88 Å². The average molecular weight is 169 g/mol. The van der Waals surface area contributed by atoms with Crippen LogP contribution in [0.15, 0.2) is 11.1 Å². The maximum atomic E-state index is 5.31. The molecule has 0 atom stereocenters. The first kappa shape index (κ1) is 6.51. The number of rotatable bonds is 2. The molecule has 0 heterocycles. The molecular formula is C4H6BrCl. The second-order valence-electron chi connectivity index (χ2n) is 0.839. The Hall–Kier alpha value is 0.510. The van der Waals surface area contributed by atoms with Crippen LogP contribution in [0.4, 0.5) is 0 Å². The Morgan fingerprint density at radius 3 is 2.50 bits per heavy atom. The molecule has 2 heteroatoms. The quantitative estimate of drug-likeness (QED) is 0.557. The van der Waals surface area contributed by atoms with Gasteiger partial charge in [0.1, 0.15) is 0 Å². The molecule has 0 unspecified atom stereocenters. The molecule has 0 aliphatic carbocycles. The van der Waals surface area contributed by atoms with Crippen molar-refractivity contribution >= 4 is 27.5 Å². The zero-order valence-electron chi connectivity index (χ0n) is 3.32. The van der Waals surface area contributed by atoms with E-state index in [0.29, 0.717) is 5.88 Å². The van der Waals surface area contributed by atoms with Crippen molar-refractivity contribution in [3.05, 3.63) is 11.1 Å². The van der Waals surface area contributed by atoms with Crippen LogP contribution in [-0.2, 0) is 0 Å². The third kappa shape index (κ3) is 4.51. The molecule has 0 N–H and O–H groups in total. The van der Waals surface area contributed by atoms with Crippen molar-refractivity contribution in [2.24, 2.45) is 0 Å². The summed E-state index contributed by atoms with van der Waals surface area (Å²) in [5.74, 6) is 0.710. The molecule has 0 aliphatic rings. The lowest BCUT2D eigenvalue weighted by atomic mass is 10.5. The number of allylic oxidation sites excluding steroid dienone is 1. The molecule has 0 amide bonds. The van der Waals surface area contributed by atoms with Gasteiger partial charge in [0.05, 0.1) is 0 Å². The minimum atomic E-state index is 0.710. The first-order valence-corrected chi connectivity index (χ1v) is 3.18. The van der Waals surface area contributed by atoms with Crippen molar-refractivity contribution in [2.45, 2.75) is 6.42 Å². The summed E-state index contributed by atoms with van der Waals surface area (Å²) in [6.07, 6.45) is 2.92. The van der Waals surface area contributed by atoms with Gasteiger partial charge in [-0.15, -0.1) is 11.6 Å². The van der Waals surface area contributed by atoms with Crippen LogP contribution in [0, 0.1) is 0 Å². The molecule has 0 saturated heterocycles. The molecule has 0 fully saturated rings. The van der Waals surface area contributed by atoms with Gasteiger partial charge in [0.15, 0.2) is 0 Å². The topological polar surface area (TPSA) is 0 Å². The Morgan fingerprint density at radius 1 is 1.67 bits per heavy atom.